The van der Waals surface area contributed by atoms with E-state index in [0.717, 1.165) is 24.1 Å². The lowest BCUT2D eigenvalue weighted by atomic mass is 10.0. The molecule has 3 rings (SSSR count). The molecular weight excluding hydrogens is 300 g/mol. The van der Waals surface area contributed by atoms with Crippen molar-refractivity contribution in [3.8, 4) is 5.75 Å². The van der Waals surface area contributed by atoms with E-state index in [-0.39, 0.29) is 0 Å². The molecule has 2 aromatic rings. The van der Waals surface area contributed by atoms with Gasteiger partial charge in [0.1, 0.15) is 12.4 Å². The minimum absolute atomic E-state index is 0.437. The molecule has 0 amide bonds. The summed E-state index contributed by atoms with van der Waals surface area (Å²) >= 11 is 0. The Kier molecular flexibility index (Phi) is 4.78. The maximum atomic E-state index is 5.92. The Hall–Kier alpha value is -2.04. The van der Waals surface area contributed by atoms with E-state index >= 15 is 0 Å². The first kappa shape index (κ1) is 16.8. The third-order valence-electron chi connectivity index (χ3n) is 5.11. The second-order valence-corrected chi connectivity index (χ2v) is 7.16. The van der Waals surface area contributed by atoms with Crippen LogP contribution in [0.1, 0.15) is 43.6 Å². The first-order valence-electron chi connectivity index (χ1n) is 8.82. The average molecular weight is 328 g/mol. The summed E-state index contributed by atoms with van der Waals surface area (Å²) in [7, 11) is 2.03. The molecule has 1 saturated heterocycles. The molecule has 130 valence electrons. The van der Waals surface area contributed by atoms with E-state index in [2.05, 4.69) is 59.5 Å². The fourth-order valence-electron chi connectivity index (χ4n) is 3.41. The molecule has 1 aromatic carbocycles. The Morgan fingerprint density at radius 2 is 2.00 bits per heavy atom. The summed E-state index contributed by atoms with van der Waals surface area (Å²) in [5.41, 5.74) is 2.51. The standard InChI is InChI=1S/C19H28N4O/c1-13(2)17-7-6-10-23(17)19-21-20-18(22(19)5)12-24-16-9-8-14(3)15(4)11-16/h8-9,11,13,17H,6-7,10,12H2,1-5H3. The molecule has 1 aromatic heterocycles. The second-order valence-electron chi connectivity index (χ2n) is 7.16. The van der Waals surface area contributed by atoms with Crippen LogP contribution >= 0.6 is 0 Å². The van der Waals surface area contributed by atoms with Crippen LogP contribution in [0.2, 0.25) is 0 Å². The summed E-state index contributed by atoms with van der Waals surface area (Å²) in [5.74, 6) is 3.32. The Morgan fingerprint density at radius 3 is 2.71 bits per heavy atom. The van der Waals surface area contributed by atoms with Crippen molar-refractivity contribution >= 4 is 5.95 Å². The number of ether oxygens (including phenoxy) is 1. The number of aromatic nitrogens is 3. The molecule has 0 radical (unpaired) electrons. The zero-order valence-electron chi connectivity index (χ0n) is 15.4. The minimum atomic E-state index is 0.437. The molecule has 2 heterocycles. The maximum Gasteiger partial charge on any atom is 0.227 e. The van der Waals surface area contributed by atoms with Gasteiger partial charge in [-0.3, -0.25) is 4.57 Å². The van der Waals surface area contributed by atoms with E-state index in [4.69, 9.17) is 4.74 Å². The first-order chi connectivity index (χ1) is 11.5. The van der Waals surface area contributed by atoms with Crippen LogP contribution in [0.4, 0.5) is 5.95 Å². The van der Waals surface area contributed by atoms with Crippen LogP contribution in [0.3, 0.4) is 0 Å². The van der Waals surface area contributed by atoms with E-state index in [9.17, 15) is 0 Å². The quantitative estimate of drug-likeness (QED) is 0.840. The molecule has 1 atom stereocenters. The van der Waals surface area contributed by atoms with Crippen molar-refractivity contribution in [1.82, 2.24) is 14.8 Å². The van der Waals surface area contributed by atoms with Gasteiger partial charge in [-0.15, -0.1) is 10.2 Å². The summed E-state index contributed by atoms with van der Waals surface area (Å²) in [6, 6.07) is 6.72. The van der Waals surface area contributed by atoms with Crippen molar-refractivity contribution in [2.24, 2.45) is 13.0 Å². The molecule has 0 saturated carbocycles. The van der Waals surface area contributed by atoms with Crippen LogP contribution in [0.15, 0.2) is 18.2 Å². The van der Waals surface area contributed by atoms with Gasteiger partial charge in [-0.25, -0.2) is 0 Å². The van der Waals surface area contributed by atoms with Crippen LogP contribution in [0.5, 0.6) is 5.75 Å². The zero-order valence-corrected chi connectivity index (χ0v) is 15.4. The third kappa shape index (κ3) is 3.25. The Morgan fingerprint density at radius 1 is 1.21 bits per heavy atom. The van der Waals surface area contributed by atoms with Gasteiger partial charge in [0.05, 0.1) is 0 Å². The van der Waals surface area contributed by atoms with Crippen LogP contribution in [-0.2, 0) is 13.7 Å². The van der Waals surface area contributed by atoms with Crippen LogP contribution < -0.4 is 9.64 Å². The van der Waals surface area contributed by atoms with Crippen molar-refractivity contribution < 1.29 is 4.74 Å². The summed E-state index contributed by atoms with van der Waals surface area (Å²) < 4.78 is 7.99. The predicted molar refractivity (Wildman–Crippen MR) is 96.5 cm³/mol. The lowest BCUT2D eigenvalue weighted by Gasteiger charge is -2.28. The van der Waals surface area contributed by atoms with Crippen LogP contribution in [0, 0.1) is 19.8 Å². The number of benzene rings is 1. The van der Waals surface area contributed by atoms with Crippen LogP contribution in [-0.4, -0.2) is 27.4 Å². The van der Waals surface area contributed by atoms with E-state index in [1.807, 2.05) is 13.1 Å². The summed E-state index contributed by atoms with van der Waals surface area (Å²) in [6.45, 7) is 10.3. The van der Waals surface area contributed by atoms with Gasteiger partial charge in [-0.1, -0.05) is 19.9 Å². The molecule has 5 heteroatoms. The van der Waals surface area contributed by atoms with Crippen molar-refractivity contribution in [2.45, 2.75) is 53.2 Å². The van der Waals surface area contributed by atoms with Crippen molar-refractivity contribution in [1.29, 1.82) is 0 Å². The highest BCUT2D eigenvalue weighted by Gasteiger charge is 2.30. The number of anilines is 1. The number of hydrogen-bond acceptors (Lipinski definition) is 4. The van der Waals surface area contributed by atoms with Crippen molar-refractivity contribution in [3.05, 3.63) is 35.2 Å². The molecule has 5 nitrogen and oxygen atoms in total. The molecule has 0 N–H and O–H groups in total. The maximum absolute atomic E-state index is 5.92. The molecular formula is C19H28N4O. The molecule has 1 fully saturated rings. The lowest BCUT2D eigenvalue weighted by molar-refractivity contribution is 0.291. The average Bonchev–Trinajstić information content (AvgIpc) is 3.15. The molecule has 0 spiro atoms. The first-order valence-corrected chi connectivity index (χ1v) is 8.82. The second kappa shape index (κ2) is 6.83. The smallest absolute Gasteiger partial charge is 0.227 e. The highest BCUT2D eigenvalue weighted by atomic mass is 16.5. The Bertz CT molecular complexity index is 707. The van der Waals surface area contributed by atoms with Crippen molar-refractivity contribution in [2.75, 3.05) is 11.4 Å². The Labute approximate surface area is 144 Å². The normalized spacial score (nSPS) is 17.8. The molecule has 0 aliphatic carbocycles. The Balaban J connectivity index is 1.72. The highest BCUT2D eigenvalue weighted by molar-refractivity contribution is 5.36. The highest BCUT2D eigenvalue weighted by Crippen LogP contribution is 2.28. The van der Waals surface area contributed by atoms with Gasteiger partial charge in [0, 0.05) is 19.6 Å². The van der Waals surface area contributed by atoms with E-state index in [0.29, 0.717) is 18.6 Å². The van der Waals surface area contributed by atoms with Gasteiger partial charge < -0.3 is 9.64 Å². The van der Waals surface area contributed by atoms with E-state index < -0.39 is 0 Å². The topological polar surface area (TPSA) is 43.2 Å². The summed E-state index contributed by atoms with van der Waals surface area (Å²) in [5, 5.41) is 8.79. The fourth-order valence-corrected chi connectivity index (χ4v) is 3.41. The monoisotopic (exact) mass is 328 g/mol. The van der Waals surface area contributed by atoms with Gasteiger partial charge in [-0.2, -0.15) is 0 Å². The minimum Gasteiger partial charge on any atom is -0.486 e. The lowest BCUT2D eigenvalue weighted by Crippen LogP contribution is -2.35. The number of nitrogens with zero attached hydrogens (tertiary/aromatic N) is 4. The van der Waals surface area contributed by atoms with E-state index in [1.54, 1.807) is 0 Å². The van der Waals surface area contributed by atoms with Gasteiger partial charge in [-0.05, 0) is 55.9 Å². The number of hydrogen-bond donors (Lipinski definition) is 0. The SMILES string of the molecule is Cc1ccc(OCc2nnc(N3CCCC3C(C)C)n2C)cc1C. The molecule has 1 aliphatic rings. The predicted octanol–water partition coefficient (Wildman–Crippen LogP) is 3.64. The van der Waals surface area contributed by atoms with Gasteiger partial charge in [0.15, 0.2) is 5.82 Å². The van der Waals surface area contributed by atoms with Crippen molar-refractivity contribution in [3.63, 3.8) is 0 Å². The molecule has 24 heavy (non-hydrogen) atoms. The summed E-state index contributed by atoms with van der Waals surface area (Å²) in [6.07, 6.45) is 2.46. The molecule has 1 aliphatic heterocycles. The van der Waals surface area contributed by atoms with Gasteiger partial charge in [0.25, 0.3) is 0 Å². The third-order valence-corrected chi connectivity index (χ3v) is 5.11. The number of aryl methyl sites for hydroxylation is 2. The zero-order chi connectivity index (χ0) is 17.3. The van der Waals surface area contributed by atoms with Gasteiger partial charge in [0.2, 0.25) is 5.95 Å². The van der Waals surface area contributed by atoms with Gasteiger partial charge >= 0.3 is 0 Å². The number of rotatable bonds is 5. The summed E-state index contributed by atoms with van der Waals surface area (Å²) in [4.78, 5) is 2.40. The van der Waals surface area contributed by atoms with E-state index in [1.165, 1.54) is 24.0 Å². The fraction of sp³-hybridized carbons (Fsp3) is 0.579. The molecule has 1 unspecified atom stereocenters. The van der Waals surface area contributed by atoms with Crippen LogP contribution in [0.25, 0.3) is 0 Å². The molecule has 0 bridgehead atoms. The largest absolute Gasteiger partial charge is 0.486 e.